The maximum atomic E-state index is 12.6. The highest BCUT2D eigenvalue weighted by molar-refractivity contribution is 7.84. The number of aryl methyl sites for hydroxylation is 1. The van der Waals surface area contributed by atoms with E-state index in [4.69, 9.17) is 0 Å². The molecule has 4 nitrogen and oxygen atoms in total. The Morgan fingerprint density at radius 3 is 2.71 bits per heavy atom. The van der Waals surface area contributed by atoms with Gasteiger partial charge in [0.25, 0.3) is 0 Å². The van der Waals surface area contributed by atoms with Gasteiger partial charge in [0.15, 0.2) is 0 Å². The maximum Gasteiger partial charge on any atom is 0.241 e. The number of amides is 1. The van der Waals surface area contributed by atoms with Gasteiger partial charge in [-0.1, -0.05) is 36.8 Å². The van der Waals surface area contributed by atoms with Crippen molar-refractivity contribution >= 4 is 16.7 Å². The summed E-state index contributed by atoms with van der Waals surface area (Å²) in [6, 6.07) is 8.01. The highest BCUT2D eigenvalue weighted by atomic mass is 32.2. The first kappa shape index (κ1) is 16.2. The fourth-order valence-electron chi connectivity index (χ4n) is 2.93. The lowest BCUT2D eigenvalue weighted by Gasteiger charge is -2.30. The molecule has 1 heterocycles. The third-order valence-electron chi connectivity index (χ3n) is 3.91. The standard InChI is InChI=1S/C16H24N2O2S/c1-5-14-16(19)18(12(3)10-21(4)20)15(17-14)13-8-6-7-11(2)9-13/h6-9,12,14-15,17H,5,10H2,1-4H3. The van der Waals surface area contributed by atoms with Crippen molar-refractivity contribution in [3.63, 3.8) is 0 Å². The summed E-state index contributed by atoms with van der Waals surface area (Å²) in [4.78, 5) is 14.5. The Hall–Kier alpha value is -1.20. The Kier molecular flexibility index (Phi) is 5.17. The van der Waals surface area contributed by atoms with Gasteiger partial charge in [-0.05, 0) is 25.8 Å². The first-order valence-electron chi connectivity index (χ1n) is 7.38. The van der Waals surface area contributed by atoms with Gasteiger partial charge >= 0.3 is 0 Å². The molecular weight excluding hydrogens is 284 g/mol. The van der Waals surface area contributed by atoms with Gasteiger partial charge < -0.3 is 4.90 Å². The van der Waals surface area contributed by atoms with E-state index >= 15 is 0 Å². The second-order valence-electron chi connectivity index (χ2n) is 5.78. The molecule has 0 aliphatic carbocycles. The van der Waals surface area contributed by atoms with Crippen molar-refractivity contribution in [3.8, 4) is 0 Å². The number of rotatable bonds is 5. The SMILES string of the molecule is CCC1NC(c2cccc(C)c2)N(C(C)CS(C)=O)C1=O. The van der Waals surface area contributed by atoms with Gasteiger partial charge in [-0.3, -0.25) is 14.3 Å². The molecule has 0 spiro atoms. The molecule has 1 aromatic carbocycles. The van der Waals surface area contributed by atoms with Crippen LogP contribution in [0.15, 0.2) is 24.3 Å². The van der Waals surface area contributed by atoms with E-state index in [2.05, 4.69) is 11.4 Å². The molecule has 0 bridgehead atoms. The van der Waals surface area contributed by atoms with E-state index in [-0.39, 0.29) is 24.2 Å². The molecule has 116 valence electrons. The van der Waals surface area contributed by atoms with Crippen LogP contribution in [0.4, 0.5) is 0 Å². The Balaban J connectivity index is 2.32. The first-order chi connectivity index (χ1) is 9.93. The van der Waals surface area contributed by atoms with Crippen LogP contribution in [0.25, 0.3) is 0 Å². The monoisotopic (exact) mass is 308 g/mol. The molecule has 1 N–H and O–H groups in total. The van der Waals surface area contributed by atoms with E-state index in [0.29, 0.717) is 5.75 Å². The third kappa shape index (κ3) is 3.52. The smallest absolute Gasteiger partial charge is 0.241 e. The van der Waals surface area contributed by atoms with Crippen molar-refractivity contribution in [2.45, 2.75) is 45.4 Å². The predicted octanol–water partition coefficient (Wildman–Crippen LogP) is 1.97. The highest BCUT2D eigenvalue weighted by Gasteiger charge is 2.41. The molecule has 2 rings (SSSR count). The normalized spacial score (nSPS) is 25.1. The molecule has 0 radical (unpaired) electrons. The van der Waals surface area contributed by atoms with Gasteiger partial charge in [-0.15, -0.1) is 0 Å². The Bertz CT molecular complexity index is 547. The molecule has 1 aromatic rings. The molecule has 1 aliphatic rings. The van der Waals surface area contributed by atoms with Gasteiger partial charge in [-0.2, -0.15) is 0 Å². The summed E-state index contributed by atoms with van der Waals surface area (Å²) in [5.41, 5.74) is 2.27. The number of carbonyl (C=O) groups is 1. The lowest BCUT2D eigenvalue weighted by molar-refractivity contribution is -0.131. The molecule has 0 saturated carbocycles. The molecule has 1 aliphatic heterocycles. The van der Waals surface area contributed by atoms with E-state index in [1.165, 1.54) is 5.56 Å². The lowest BCUT2D eigenvalue weighted by atomic mass is 10.1. The molecule has 1 amide bonds. The highest BCUT2D eigenvalue weighted by Crippen LogP contribution is 2.29. The molecule has 1 fully saturated rings. The van der Waals surface area contributed by atoms with Gasteiger partial charge in [-0.25, -0.2) is 0 Å². The zero-order valence-corrected chi connectivity index (χ0v) is 13.9. The van der Waals surface area contributed by atoms with Crippen LogP contribution in [0.1, 0.15) is 37.6 Å². The van der Waals surface area contributed by atoms with E-state index in [9.17, 15) is 9.00 Å². The van der Waals surface area contributed by atoms with Crippen LogP contribution >= 0.6 is 0 Å². The topological polar surface area (TPSA) is 49.4 Å². The van der Waals surface area contributed by atoms with Crippen molar-refractivity contribution in [2.75, 3.05) is 12.0 Å². The summed E-state index contributed by atoms with van der Waals surface area (Å²) in [7, 11) is -0.917. The van der Waals surface area contributed by atoms with Crippen LogP contribution < -0.4 is 5.32 Å². The molecule has 21 heavy (non-hydrogen) atoms. The molecule has 5 heteroatoms. The minimum absolute atomic E-state index is 0.0436. The van der Waals surface area contributed by atoms with E-state index < -0.39 is 10.8 Å². The largest absolute Gasteiger partial charge is 0.318 e. The predicted molar refractivity (Wildman–Crippen MR) is 86.4 cm³/mol. The summed E-state index contributed by atoms with van der Waals surface area (Å²) in [6.45, 7) is 6.03. The van der Waals surface area contributed by atoms with Crippen molar-refractivity contribution in [2.24, 2.45) is 0 Å². The van der Waals surface area contributed by atoms with E-state index in [1.54, 1.807) is 6.26 Å². The number of benzene rings is 1. The number of carbonyl (C=O) groups excluding carboxylic acids is 1. The van der Waals surface area contributed by atoms with Crippen LogP contribution in [0.3, 0.4) is 0 Å². The van der Waals surface area contributed by atoms with Crippen molar-refractivity contribution in [1.29, 1.82) is 0 Å². The van der Waals surface area contributed by atoms with E-state index in [1.807, 2.05) is 43.9 Å². The molecule has 4 atom stereocenters. The van der Waals surface area contributed by atoms with Crippen LogP contribution in [0.5, 0.6) is 0 Å². The summed E-state index contributed by atoms with van der Waals surface area (Å²) in [6.07, 6.45) is 2.32. The van der Waals surface area contributed by atoms with E-state index in [0.717, 1.165) is 12.0 Å². The summed E-state index contributed by atoms with van der Waals surface area (Å²) < 4.78 is 11.5. The molecule has 1 saturated heterocycles. The number of hydrogen-bond donors (Lipinski definition) is 1. The molecule has 4 unspecified atom stereocenters. The average Bonchev–Trinajstić information content (AvgIpc) is 2.75. The lowest BCUT2D eigenvalue weighted by Crippen LogP contribution is -2.41. The minimum Gasteiger partial charge on any atom is -0.318 e. The van der Waals surface area contributed by atoms with Crippen molar-refractivity contribution < 1.29 is 9.00 Å². The second-order valence-corrected chi connectivity index (χ2v) is 7.26. The zero-order valence-electron chi connectivity index (χ0n) is 13.1. The van der Waals surface area contributed by atoms with Gasteiger partial charge in [0.1, 0.15) is 6.17 Å². The Morgan fingerprint density at radius 1 is 1.43 bits per heavy atom. The quantitative estimate of drug-likeness (QED) is 0.905. The number of nitrogens with zero attached hydrogens (tertiary/aromatic N) is 1. The first-order valence-corrected chi connectivity index (χ1v) is 9.11. The summed E-state index contributed by atoms with van der Waals surface area (Å²) >= 11 is 0. The second kappa shape index (κ2) is 6.71. The summed E-state index contributed by atoms with van der Waals surface area (Å²) in [5.74, 6) is 0.619. The van der Waals surface area contributed by atoms with Crippen LogP contribution in [0, 0.1) is 6.92 Å². The fraction of sp³-hybridized carbons (Fsp3) is 0.562. The Morgan fingerprint density at radius 2 is 2.14 bits per heavy atom. The molecular formula is C16H24N2O2S. The zero-order chi connectivity index (χ0) is 15.6. The minimum atomic E-state index is -0.917. The average molecular weight is 308 g/mol. The van der Waals surface area contributed by atoms with Gasteiger partial charge in [0, 0.05) is 28.9 Å². The van der Waals surface area contributed by atoms with Gasteiger partial charge in [0.05, 0.1) is 6.04 Å². The molecule has 0 aromatic heterocycles. The van der Waals surface area contributed by atoms with Crippen molar-refractivity contribution in [3.05, 3.63) is 35.4 Å². The van der Waals surface area contributed by atoms with Crippen molar-refractivity contribution in [1.82, 2.24) is 10.2 Å². The summed E-state index contributed by atoms with van der Waals surface area (Å²) in [5, 5.41) is 3.42. The Labute approximate surface area is 129 Å². The van der Waals surface area contributed by atoms with Crippen LogP contribution in [0.2, 0.25) is 0 Å². The third-order valence-corrected chi connectivity index (χ3v) is 4.86. The number of nitrogens with one attached hydrogen (secondary N) is 1. The van der Waals surface area contributed by atoms with Crippen LogP contribution in [-0.2, 0) is 15.6 Å². The fourth-order valence-corrected chi connectivity index (χ4v) is 3.77. The van der Waals surface area contributed by atoms with Crippen LogP contribution in [-0.4, -0.2) is 39.1 Å². The van der Waals surface area contributed by atoms with Gasteiger partial charge in [0.2, 0.25) is 5.91 Å². The number of hydrogen-bond acceptors (Lipinski definition) is 3. The maximum absolute atomic E-state index is 12.6.